The van der Waals surface area contributed by atoms with E-state index in [1.165, 1.54) is 4.68 Å². The van der Waals surface area contributed by atoms with Crippen molar-refractivity contribution in [2.45, 2.75) is 12.6 Å². The maximum atomic E-state index is 9.22. The van der Waals surface area contributed by atoms with E-state index in [-0.39, 0.29) is 6.61 Å². The van der Waals surface area contributed by atoms with Gasteiger partial charge in [-0.15, -0.1) is 5.10 Å². The summed E-state index contributed by atoms with van der Waals surface area (Å²) in [4.78, 5) is 0. The maximum Gasteiger partial charge on any atom is 0.160 e. The summed E-state index contributed by atoms with van der Waals surface area (Å²) in [6.45, 7) is 0.345. The van der Waals surface area contributed by atoms with Crippen molar-refractivity contribution in [2.75, 3.05) is 11.9 Å². The van der Waals surface area contributed by atoms with Crippen molar-refractivity contribution in [3.05, 3.63) is 40.6 Å². The number of nitrogens with one attached hydrogen (secondary N) is 1. The Balaban J connectivity index is 2.16. The predicted octanol–water partition coefficient (Wildman–Crippen LogP) is 1.71. The Hall–Kier alpha value is -1.91. The van der Waals surface area contributed by atoms with E-state index in [4.69, 9.17) is 5.11 Å². The van der Waals surface area contributed by atoms with Gasteiger partial charge in [0.15, 0.2) is 6.04 Å². The standard InChI is InChI=1S/C12H12BrN5O/c13-9-3-1-2-4-10(9)15-11(7-14)12-8-18(5-6-19)17-16-12/h1-4,8,11,15,19H,5-6H2. The molecule has 0 aliphatic carbocycles. The number of rotatable bonds is 5. The zero-order chi connectivity index (χ0) is 13.7. The van der Waals surface area contributed by atoms with Crippen LogP contribution >= 0.6 is 15.9 Å². The molecule has 2 aromatic rings. The zero-order valence-electron chi connectivity index (χ0n) is 9.99. The minimum absolute atomic E-state index is 0.0162. The second-order valence-corrected chi connectivity index (χ2v) is 4.67. The summed E-state index contributed by atoms with van der Waals surface area (Å²) in [6, 6.07) is 9.08. The summed E-state index contributed by atoms with van der Waals surface area (Å²) in [5.41, 5.74) is 1.33. The van der Waals surface area contributed by atoms with E-state index in [0.717, 1.165) is 10.2 Å². The first-order valence-electron chi connectivity index (χ1n) is 5.66. The highest BCUT2D eigenvalue weighted by atomic mass is 79.9. The summed E-state index contributed by atoms with van der Waals surface area (Å²) >= 11 is 3.41. The number of aliphatic hydroxyl groups is 1. The Bertz CT molecular complexity index is 592. The molecule has 1 heterocycles. The minimum Gasteiger partial charge on any atom is -0.394 e. The maximum absolute atomic E-state index is 9.22. The van der Waals surface area contributed by atoms with Gasteiger partial charge in [-0.05, 0) is 28.1 Å². The third kappa shape index (κ3) is 3.30. The minimum atomic E-state index is -0.592. The number of benzene rings is 1. The highest BCUT2D eigenvalue weighted by Gasteiger charge is 2.15. The lowest BCUT2D eigenvalue weighted by molar-refractivity contribution is 0.268. The second kappa shape index (κ2) is 6.31. The van der Waals surface area contributed by atoms with Crippen molar-refractivity contribution in [3.63, 3.8) is 0 Å². The van der Waals surface area contributed by atoms with Gasteiger partial charge in [0, 0.05) is 10.2 Å². The Morgan fingerprint density at radius 3 is 2.95 bits per heavy atom. The first-order valence-corrected chi connectivity index (χ1v) is 6.45. The Labute approximate surface area is 118 Å². The first-order chi connectivity index (χ1) is 9.24. The van der Waals surface area contributed by atoms with E-state index in [1.54, 1.807) is 6.20 Å². The van der Waals surface area contributed by atoms with Gasteiger partial charge in [-0.3, -0.25) is 0 Å². The van der Waals surface area contributed by atoms with Crippen LogP contribution in [0.15, 0.2) is 34.9 Å². The highest BCUT2D eigenvalue weighted by Crippen LogP contribution is 2.25. The number of hydrogen-bond donors (Lipinski definition) is 2. The molecule has 0 bridgehead atoms. The molecule has 0 saturated carbocycles. The number of halogens is 1. The van der Waals surface area contributed by atoms with Crippen LogP contribution in [0, 0.1) is 11.3 Å². The molecule has 2 N–H and O–H groups in total. The molecule has 98 valence electrons. The van der Waals surface area contributed by atoms with E-state index in [2.05, 4.69) is 37.6 Å². The van der Waals surface area contributed by atoms with Crippen molar-refractivity contribution in [2.24, 2.45) is 0 Å². The molecule has 7 heteroatoms. The average Bonchev–Trinajstić information content (AvgIpc) is 2.87. The average molecular weight is 322 g/mol. The van der Waals surface area contributed by atoms with Crippen LogP contribution in [0.3, 0.4) is 0 Å². The SMILES string of the molecule is N#CC(Nc1ccccc1Br)c1cn(CCO)nn1. The molecular weight excluding hydrogens is 310 g/mol. The van der Waals surface area contributed by atoms with Crippen LogP contribution in [0.2, 0.25) is 0 Å². The van der Waals surface area contributed by atoms with Crippen molar-refractivity contribution >= 4 is 21.6 Å². The van der Waals surface area contributed by atoms with Crippen molar-refractivity contribution in [1.29, 1.82) is 5.26 Å². The van der Waals surface area contributed by atoms with Crippen molar-refractivity contribution in [1.82, 2.24) is 15.0 Å². The Morgan fingerprint density at radius 1 is 1.47 bits per heavy atom. The molecule has 1 unspecified atom stereocenters. The van der Waals surface area contributed by atoms with Crippen LogP contribution in [0.1, 0.15) is 11.7 Å². The van der Waals surface area contributed by atoms with E-state index >= 15 is 0 Å². The number of nitriles is 1. The molecule has 6 nitrogen and oxygen atoms in total. The topological polar surface area (TPSA) is 86.8 Å². The van der Waals surface area contributed by atoms with Gasteiger partial charge in [-0.2, -0.15) is 5.26 Å². The molecule has 0 spiro atoms. The lowest BCUT2D eigenvalue weighted by Crippen LogP contribution is -2.09. The molecule has 19 heavy (non-hydrogen) atoms. The second-order valence-electron chi connectivity index (χ2n) is 3.82. The Morgan fingerprint density at radius 2 is 2.26 bits per heavy atom. The lowest BCUT2D eigenvalue weighted by atomic mass is 10.2. The van der Waals surface area contributed by atoms with Crippen LogP contribution in [-0.4, -0.2) is 26.7 Å². The summed E-state index contributed by atoms with van der Waals surface area (Å²) in [5, 5.41) is 28.9. The largest absolute Gasteiger partial charge is 0.394 e. The fourth-order valence-electron chi connectivity index (χ4n) is 1.56. The molecule has 0 aliphatic rings. The van der Waals surface area contributed by atoms with Gasteiger partial charge in [0.05, 0.1) is 25.4 Å². The third-order valence-corrected chi connectivity index (χ3v) is 3.18. The quantitative estimate of drug-likeness (QED) is 0.875. The summed E-state index contributed by atoms with van der Waals surface area (Å²) in [5.74, 6) is 0. The molecule has 1 aromatic carbocycles. The monoisotopic (exact) mass is 321 g/mol. The van der Waals surface area contributed by atoms with Gasteiger partial charge in [0.1, 0.15) is 5.69 Å². The van der Waals surface area contributed by atoms with E-state index < -0.39 is 6.04 Å². The molecule has 2 rings (SSSR count). The number of aliphatic hydroxyl groups excluding tert-OH is 1. The highest BCUT2D eigenvalue weighted by molar-refractivity contribution is 9.10. The third-order valence-electron chi connectivity index (χ3n) is 2.48. The van der Waals surface area contributed by atoms with Crippen molar-refractivity contribution < 1.29 is 5.11 Å². The summed E-state index contributed by atoms with van der Waals surface area (Å²) < 4.78 is 2.37. The molecule has 0 radical (unpaired) electrons. The zero-order valence-corrected chi connectivity index (χ0v) is 11.6. The summed E-state index contributed by atoms with van der Waals surface area (Å²) in [6.07, 6.45) is 1.65. The Kier molecular flexibility index (Phi) is 4.49. The van der Waals surface area contributed by atoms with Gasteiger partial charge < -0.3 is 10.4 Å². The number of hydrogen-bond acceptors (Lipinski definition) is 5. The lowest BCUT2D eigenvalue weighted by Gasteiger charge is -2.11. The van der Waals surface area contributed by atoms with Crippen LogP contribution in [0.4, 0.5) is 5.69 Å². The molecule has 0 saturated heterocycles. The smallest absolute Gasteiger partial charge is 0.160 e. The van der Waals surface area contributed by atoms with Gasteiger partial charge in [0.25, 0.3) is 0 Å². The first kappa shape index (κ1) is 13.5. The van der Waals surface area contributed by atoms with Crippen molar-refractivity contribution in [3.8, 4) is 6.07 Å². The van der Waals surface area contributed by atoms with Gasteiger partial charge in [-0.1, -0.05) is 17.3 Å². The van der Waals surface area contributed by atoms with E-state index in [0.29, 0.717) is 12.2 Å². The van der Waals surface area contributed by atoms with Gasteiger partial charge in [0.2, 0.25) is 0 Å². The van der Waals surface area contributed by atoms with Crippen LogP contribution in [-0.2, 0) is 6.54 Å². The number of anilines is 1. The predicted molar refractivity (Wildman–Crippen MR) is 73.2 cm³/mol. The van der Waals surface area contributed by atoms with Gasteiger partial charge >= 0.3 is 0 Å². The number of nitrogens with zero attached hydrogens (tertiary/aromatic N) is 4. The van der Waals surface area contributed by atoms with Crippen LogP contribution in [0.5, 0.6) is 0 Å². The fourth-order valence-corrected chi connectivity index (χ4v) is 1.96. The van der Waals surface area contributed by atoms with E-state index in [9.17, 15) is 5.26 Å². The van der Waals surface area contributed by atoms with E-state index in [1.807, 2.05) is 24.3 Å². The van der Waals surface area contributed by atoms with Gasteiger partial charge in [-0.25, -0.2) is 4.68 Å². The molecule has 0 fully saturated rings. The summed E-state index contributed by atoms with van der Waals surface area (Å²) in [7, 11) is 0. The molecule has 0 amide bonds. The molecule has 0 aliphatic heterocycles. The van der Waals surface area contributed by atoms with Crippen LogP contribution < -0.4 is 5.32 Å². The molecule has 1 aromatic heterocycles. The molecular formula is C12H12BrN5O. The number of para-hydroxylation sites is 1. The number of aromatic nitrogens is 3. The molecule has 1 atom stereocenters. The fraction of sp³-hybridized carbons (Fsp3) is 0.250. The normalized spacial score (nSPS) is 11.8. The van der Waals surface area contributed by atoms with Crippen LogP contribution in [0.25, 0.3) is 0 Å².